The minimum atomic E-state index is -0.272. The van der Waals surface area contributed by atoms with Gasteiger partial charge < -0.3 is 15.5 Å². The van der Waals surface area contributed by atoms with E-state index < -0.39 is 0 Å². The lowest BCUT2D eigenvalue weighted by Gasteiger charge is -2.33. The van der Waals surface area contributed by atoms with Gasteiger partial charge in [0.2, 0.25) is 5.91 Å². The fraction of sp³-hybridized carbons (Fsp3) is 0.500. The van der Waals surface area contributed by atoms with Gasteiger partial charge in [-0.2, -0.15) is 5.10 Å². The highest BCUT2D eigenvalue weighted by atomic mass is 19.1. The quantitative estimate of drug-likeness (QED) is 0.768. The largest absolute Gasteiger partial charge is 0.340 e. The molecule has 2 fully saturated rings. The normalized spacial score (nSPS) is 21.5. The van der Waals surface area contributed by atoms with E-state index in [1.165, 1.54) is 12.1 Å². The van der Waals surface area contributed by atoms with E-state index in [1.54, 1.807) is 23.2 Å². The van der Waals surface area contributed by atoms with Gasteiger partial charge in [0.25, 0.3) is 0 Å². The number of amides is 1. The van der Waals surface area contributed by atoms with E-state index in [0.717, 1.165) is 55.7 Å². The van der Waals surface area contributed by atoms with Crippen LogP contribution in [0.25, 0.3) is 11.3 Å². The predicted molar refractivity (Wildman–Crippen MR) is 101 cm³/mol. The summed E-state index contributed by atoms with van der Waals surface area (Å²) in [5.41, 5.74) is 2.87. The van der Waals surface area contributed by atoms with Crippen LogP contribution in [0.15, 0.2) is 30.5 Å². The minimum Gasteiger partial charge on any atom is -0.340 e. The molecule has 3 N–H and O–H groups in total. The third-order valence-corrected chi connectivity index (χ3v) is 5.96. The molecule has 1 spiro atoms. The maximum Gasteiger partial charge on any atom is 0.239 e. The number of carbonyl (C=O) groups is 1. The van der Waals surface area contributed by atoms with E-state index in [-0.39, 0.29) is 23.2 Å². The Bertz CT molecular complexity index is 797. The molecule has 2 aliphatic rings. The number of aromatic nitrogens is 2. The van der Waals surface area contributed by atoms with Crippen molar-refractivity contribution in [3.63, 3.8) is 0 Å². The van der Waals surface area contributed by atoms with E-state index in [2.05, 4.69) is 20.8 Å². The minimum absolute atomic E-state index is 0.116. The summed E-state index contributed by atoms with van der Waals surface area (Å²) in [6.07, 6.45) is 4.90. The molecule has 0 bridgehead atoms. The zero-order valence-electron chi connectivity index (χ0n) is 15.6. The van der Waals surface area contributed by atoms with Crippen molar-refractivity contribution in [2.24, 2.45) is 5.41 Å². The average molecular weight is 371 g/mol. The van der Waals surface area contributed by atoms with Gasteiger partial charge in [-0.1, -0.05) is 0 Å². The Morgan fingerprint density at radius 2 is 2.04 bits per heavy atom. The summed E-state index contributed by atoms with van der Waals surface area (Å²) in [7, 11) is 1.83. The summed E-state index contributed by atoms with van der Waals surface area (Å²) < 4.78 is 13.2. The molecule has 6 nitrogen and oxygen atoms in total. The Kier molecular flexibility index (Phi) is 4.97. The smallest absolute Gasteiger partial charge is 0.239 e. The Labute approximate surface area is 158 Å². The monoisotopic (exact) mass is 371 g/mol. The van der Waals surface area contributed by atoms with Gasteiger partial charge in [-0.05, 0) is 62.0 Å². The van der Waals surface area contributed by atoms with Crippen LogP contribution in [0.5, 0.6) is 0 Å². The molecule has 1 atom stereocenters. The molecule has 1 amide bonds. The molecule has 27 heavy (non-hydrogen) atoms. The molecule has 2 aromatic rings. The number of piperidine rings is 1. The van der Waals surface area contributed by atoms with Gasteiger partial charge in [-0.3, -0.25) is 9.89 Å². The number of likely N-dealkylation sites (N-methyl/N-ethyl adjacent to an activating group) is 1. The summed E-state index contributed by atoms with van der Waals surface area (Å²) in [6, 6.07) is 6.17. The lowest BCUT2D eigenvalue weighted by molar-refractivity contribution is -0.132. The Balaban J connectivity index is 1.42. The SMILES string of the molecule is CN(Cc1cn[nH]c1-c1ccc(F)cc1)C(=O)[C@@H]1CC2(CCNCC2)CN1. The summed E-state index contributed by atoms with van der Waals surface area (Å²) >= 11 is 0. The van der Waals surface area contributed by atoms with Crippen LogP contribution in [0, 0.1) is 11.2 Å². The van der Waals surface area contributed by atoms with Crippen molar-refractivity contribution in [3.8, 4) is 11.3 Å². The van der Waals surface area contributed by atoms with Gasteiger partial charge >= 0.3 is 0 Å². The molecular weight excluding hydrogens is 345 g/mol. The van der Waals surface area contributed by atoms with Crippen molar-refractivity contribution in [2.45, 2.75) is 31.8 Å². The Hall–Kier alpha value is -2.25. The van der Waals surface area contributed by atoms with E-state index in [1.807, 2.05) is 7.05 Å². The topological polar surface area (TPSA) is 73.0 Å². The van der Waals surface area contributed by atoms with Crippen molar-refractivity contribution in [1.29, 1.82) is 0 Å². The van der Waals surface area contributed by atoms with Crippen LogP contribution in [0.1, 0.15) is 24.8 Å². The number of hydrogen-bond acceptors (Lipinski definition) is 4. The highest BCUT2D eigenvalue weighted by Crippen LogP contribution is 2.37. The lowest BCUT2D eigenvalue weighted by atomic mass is 9.77. The molecule has 0 aliphatic carbocycles. The Morgan fingerprint density at radius 3 is 2.78 bits per heavy atom. The summed E-state index contributed by atoms with van der Waals surface area (Å²) in [5.74, 6) is -0.150. The first kappa shape index (κ1) is 18.1. The second-order valence-electron chi connectivity index (χ2n) is 7.86. The highest BCUT2D eigenvalue weighted by molar-refractivity contribution is 5.82. The molecule has 4 rings (SSSR count). The van der Waals surface area contributed by atoms with Crippen LogP contribution in [0.4, 0.5) is 4.39 Å². The first-order valence-electron chi connectivity index (χ1n) is 9.54. The predicted octanol–water partition coefficient (Wildman–Crippen LogP) is 1.91. The van der Waals surface area contributed by atoms with Crippen molar-refractivity contribution < 1.29 is 9.18 Å². The van der Waals surface area contributed by atoms with Crippen LogP contribution in [0.3, 0.4) is 0 Å². The molecule has 1 aromatic carbocycles. The standard InChI is InChI=1S/C20H26FN5O/c1-26(19(27)17-10-20(13-23-17)6-8-22-9-7-20)12-15-11-24-25-18(15)14-2-4-16(21)5-3-14/h2-5,11,17,22-23H,6-10,12-13H2,1H3,(H,24,25)/t17-/m0/s1. The molecule has 7 heteroatoms. The van der Waals surface area contributed by atoms with Crippen LogP contribution in [-0.2, 0) is 11.3 Å². The second kappa shape index (κ2) is 7.40. The van der Waals surface area contributed by atoms with Crippen LogP contribution in [-0.4, -0.2) is 53.7 Å². The highest BCUT2D eigenvalue weighted by Gasteiger charge is 2.42. The third kappa shape index (κ3) is 3.75. The lowest BCUT2D eigenvalue weighted by Crippen LogP contribution is -2.41. The molecule has 2 saturated heterocycles. The maximum absolute atomic E-state index is 13.2. The van der Waals surface area contributed by atoms with Gasteiger partial charge in [-0.25, -0.2) is 4.39 Å². The van der Waals surface area contributed by atoms with Crippen LogP contribution >= 0.6 is 0 Å². The fourth-order valence-corrected chi connectivity index (χ4v) is 4.33. The van der Waals surface area contributed by atoms with Crippen LogP contribution < -0.4 is 10.6 Å². The van der Waals surface area contributed by atoms with E-state index >= 15 is 0 Å². The van der Waals surface area contributed by atoms with Crippen molar-refractivity contribution >= 4 is 5.91 Å². The molecule has 2 aliphatic heterocycles. The molecule has 0 unspecified atom stereocenters. The van der Waals surface area contributed by atoms with Crippen molar-refractivity contribution in [1.82, 2.24) is 25.7 Å². The number of hydrogen-bond donors (Lipinski definition) is 3. The number of aromatic amines is 1. The zero-order chi connectivity index (χ0) is 18.9. The summed E-state index contributed by atoms with van der Waals surface area (Å²) in [4.78, 5) is 14.7. The second-order valence-corrected chi connectivity index (χ2v) is 7.86. The molecular formula is C20H26FN5O. The van der Waals surface area contributed by atoms with Gasteiger partial charge in [0, 0.05) is 31.3 Å². The molecule has 3 heterocycles. The van der Waals surface area contributed by atoms with E-state index in [4.69, 9.17) is 0 Å². The first-order chi connectivity index (χ1) is 13.1. The van der Waals surface area contributed by atoms with E-state index in [9.17, 15) is 9.18 Å². The maximum atomic E-state index is 13.2. The molecule has 1 aromatic heterocycles. The van der Waals surface area contributed by atoms with Crippen LogP contribution in [0.2, 0.25) is 0 Å². The first-order valence-corrected chi connectivity index (χ1v) is 9.54. The zero-order valence-corrected chi connectivity index (χ0v) is 15.6. The van der Waals surface area contributed by atoms with Gasteiger partial charge in [-0.15, -0.1) is 0 Å². The number of carbonyl (C=O) groups excluding carboxylic acids is 1. The number of nitrogens with one attached hydrogen (secondary N) is 3. The van der Waals surface area contributed by atoms with Crippen molar-refractivity contribution in [2.75, 3.05) is 26.7 Å². The van der Waals surface area contributed by atoms with E-state index in [0.29, 0.717) is 6.54 Å². The summed E-state index contributed by atoms with van der Waals surface area (Å²) in [5, 5.41) is 13.9. The number of nitrogens with zero attached hydrogens (tertiary/aromatic N) is 2. The van der Waals surface area contributed by atoms with Crippen molar-refractivity contribution in [3.05, 3.63) is 41.8 Å². The molecule has 0 radical (unpaired) electrons. The molecule has 144 valence electrons. The fourth-order valence-electron chi connectivity index (χ4n) is 4.33. The third-order valence-electron chi connectivity index (χ3n) is 5.96. The van der Waals surface area contributed by atoms with Gasteiger partial charge in [0.05, 0.1) is 17.9 Å². The van der Waals surface area contributed by atoms with Gasteiger partial charge in [0.15, 0.2) is 0 Å². The summed E-state index contributed by atoms with van der Waals surface area (Å²) in [6.45, 7) is 3.46. The molecule has 0 saturated carbocycles. The number of halogens is 1. The van der Waals surface area contributed by atoms with Gasteiger partial charge in [0.1, 0.15) is 5.82 Å². The average Bonchev–Trinajstić information content (AvgIpc) is 3.30. The Morgan fingerprint density at radius 1 is 1.30 bits per heavy atom. The number of H-pyrrole nitrogens is 1. The number of benzene rings is 1. The number of rotatable bonds is 4.